The monoisotopic (exact) mass is 269 g/mol. The van der Waals surface area contributed by atoms with Crippen LogP contribution in [0, 0.1) is 6.04 Å². The van der Waals surface area contributed by atoms with E-state index < -0.39 is 11.9 Å². The van der Waals surface area contributed by atoms with Crippen molar-refractivity contribution in [2.24, 2.45) is 0 Å². The molecule has 21 heavy (non-hydrogen) atoms. The molecule has 1 amide bonds. The number of fused-ring (bicyclic) bond motifs is 1. The van der Waals surface area contributed by atoms with E-state index in [0.29, 0.717) is 5.56 Å². The Labute approximate surface area is 148 Å². The Kier molecular flexibility index (Phi) is 8.33. The van der Waals surface area contributed by atoms with Crippen LogP contribution in [0.4, 0.5) is 0 Å². The third-order valence-electron chi connectivity index (χ3n) is 2.77. The molecule has 6 heteroatoms. The van der Waals surface area contributed by atoms with Crippen LogP contribution in [-0.2, 0) is 9.53 Å². The summed E-state index contributed by atoms with van der Waals surface area (Å²) < 4.78 is 4.51. The van der Waals surface area contributed by atoms with Crippen molar-refractivity contribution < 1.29 is 52.0 Å². The summed E-state index contributed by atoms with van der Waals surface area (Å²) in [6.07, 6.45) is 0. The number of esters is 1. The van der Waals surface area contributed by atoms with Crippen molar-refractivity contribution in [1.29, 1.82) is 0 Å². The van der Waals surface area contributed by atoms with Gasteiger partial charge in [-0.25, -0.2) is 0 Å². The zero-order valence-electron chi connectivity index (χ0n) is 12.7. The molecule has 4 nitrogen and oxygen atoms in total. The number of hydrogen-bond donors (Lipinski definition) is 0. The Balaban J connectivity index is 0.00000200. The van der Waals surface area contributed by atoms with Gasteiger partial charge in [-0.05, 0) is 10.8 Å². The molecule has 0 N–H and O–H groups in total. The zero-order chi connectivity index (χ0) is 13.8. The number of carbonyl (C=O) groups excluding carboxylic acids is 2. The van der Waals surface area contributed by atoms with E-state index in [0.717, 1.165) is 10.8 Å². The van der Waals surface area contributed by atoms with Crippen LogP contribution in [0.25, 0.3) is 16.1 Å². The topological polar surface area (TPSA) is 57.5 Å². The Morgan fingerprint density at radius 1 is 1.05 bits per heavy atom. The molecule has 0 bridgehead atoms. The third-order valence-corrected chi connectivity index (χ3v) is 2.77. The molecule has 0 spiro atoms. The van der Waals surface area contributed by atoms with Gasteiger partial charge >= 0.3 is 37.7 Å². The van der Waals surface area contributed by atoms with Crippen molar-refractivity contribution >= 4 is 22.6 Å². The first-order valence-corrected chi connectivity index (χ1v) is 5.79. The molecular formula is C15H13Li2NO3. The van der Waals surface area contributed by atoms with E-state index in [9.17, 15) is 9.59 Å². The molecule has 0 unspecified atom stereocenters. The number of ether oxygens (including phenoxy) is 1. The number of hydrogen-bond acceptors (Lipinski definition) is 3. The molecule has 0 atom stereocenters. The first kappa shape index (κ1) is 19.7. The summed E-state index contributed by atoms with van der Waals surface area (Å²) in [5.41, 5.74) is 0.473. The molecule has 0 saturated heterocycles. The van der Waals surface area contributed by atoms with E-state index in [1.165, 1.54) is 14.0 Å². The quantitative estimate of drug-likeness (QED) is 0.341. The Bertz CT molecular complexity index is 626. The minimum atomic E-state index is -0.603. The predicted molar refractivity (Wildman–Crippen MR) is 72.6 cm³/mol. The molecule has 0 radical (unpaired) electrons. The van der Waals surface area contributed by atoms with Crippen LogP contribution in [0.3, 0.4) is 0 Å². The molecule has 0 saturated carbocycles. The summed E-state index contributed by atoms with van der Waals surface area (Å²) >= 11 is 0. The van der Waals surface area contributed by atoms with Gasteiger partial charge in [0.05, 0.1) is 13.0 Å². The summed E-state index contributed by atoms with van der Waals surface area (Å²) in [5, 5.41) is 5.55. The predicted octanol–water partition coefficient (Wildman–Crippen LogP) is -2.91. The van der Waals surface area contributed by atoms with Crippen molar-refractivity contribution in [2.75, 3.05) is 7.11 Å². The standard InChI is InChI=1S/C15H13NO3.2Li/c1-10(15(18)19-2)16-14(17)13-9-5-7-11-6-3-4-8-12(11)13;;/h3-9H,1-2H3;;/q-2;2*+1. The van der Waals surface area contributed by atoms with E-state index in [1.54, 1.807) is 12.1 Å². The summed E-state index contributed by atoms with van der Waals surface area (Å²) in [5.74, 6) is -1.05. The second-order valence-corrected chi connectivity index (χ2v) is 4.02. The number of methoxy groups -OCH3 is 1. The van der Waals surface area contributed by atoms with Crippen LogP contribution >= 0.6 is 0 Å². The largest absolute Gasteiger partial charge is 1.00 e. The van der Waals surface area contributed by atoms with E-state index >= 15 is 0 Å². The molecule has 0 fully saturated rings. The first-order chi connectivity index (χ1) is 9.13. The molecule has 0 aliphatic rings. The van der Waals surface area contributed by atoms with Crippen LogP contribution in [0.5, 0.6) is 0 Å². The SMILES string of the molecule is COC(=O)[C-](C)[N-]C(=O)c1cccc2ccccc12.[Li+].[Li+]. The van der Waals surface area contributed by atoms with Crippen LogP contribution in [0.1, 0.15) is 17.3 Å². The van der Waals surface area contributed by atoms with Gasteiger partial charge in [-0.1, -0.05) is 42.5 Å². The second kappa shape index (κ2) is 8.87. The van der Waals surface area contributed by atoms with Gasteiger partial charge in [0.1, 0.15) is 5.97 Å². The summed E-state index contributed by atoms with van der Waals surface area (Å²) in [6.45, 7) is 1.45. The smallest absolute Gasteiger partial charge is 0.788 e. The normalized spacial score (nSPS) is 9.05. The van der Waals surface area contributed by atoms with Gasteiger partial charge in [0.25, 0.3) is 0 Å². The summed E-state index contributed by atoms with van der Waals surface area (Å²) in [6, 6.07) is 13.0. The Morgan fingerprint density at radius 2 is 1.67 bits per heavy atom. The molecule has 2 aromatic carbocycles. The molecule has 0 aliphatic carbocycles. The van der Waals surface area contributed by atoms with Crippen molar-refractivity contribution in [3.63, 3.8) is 0 Å². The molecular weight excluding hydrogens is 256 g/mol. The minimum Gasteiger partial charge on any atom is -0.788 e. The van der Waals surface area contributed by atoms with Gasteiger partial charge in [0, 0.05) is 5.56 Å². The maximum atomic E-state index is 12.1. The van der Waals surface area contributed by atoms with Crippen molar-refractivity contribution in [1.82, 2.24) is 0 Å². The number of rotatable bonds is 3. The van der Waals surface area contributed by atoms with Crippen molar-refractivity contribution in [2.45, 2.75) is 6.92 Å². The Hall–Kier alpha value is -1.30. The molecule has 98 valence electrons. The Morgan fingerprint density at radius 3 is 2.33 bits per heavy atom. The van der Waals surface area contributed by atoms with Crippen LogP contribution < -0.4 is 37.7 Å². The van der Waals surface area contributed by atoms with Crippen molar-refractivity contribution in [3.05, 3.63) is 59.4 Å². The van der Waals surface area contributed by atoms with Crippen LogP contribution in [0.15, 0.2) is 42.5 Å². The molecule has 2 aromatic rings. The summed E-state index contributed by atoms with van der Waals surface area (Å²) in [4.78, 5) is 23.3. The van der Waals surface area contributed by atoms with E-state index in [2.05, 4.69) is 10.1 Å². The maximum absolute atomic E-state index is 12.1. The van der Waals surface area contributed by atoms with Crippen molar-refractivity contribution in [3.8, 4) is 0 Å². The van der Waals surface area contributed by atoms with Gasteiger partial charge in [-0.3, -0.25) is 4.79 Å². The zero-order valence-corrected chi connectivity index (χ0v) is 12.7. The molecule has 0 aromatic heterocycles. The van der Waals surface area contributed by atoms with E-state index in [1.807, 2.05) is 30.3 Å². The van der Waals surface area contributed by atoms with Gasteiger partial charge in [0.15, 0.2) is 0 Å². The number of benzene rings is 2. The summed E-state index contributed by atoms with van der Waals surface area (Å²) in [7, 11) is 1.25. The van der Waals surface area contributed by atoms with Crippen LogP contribution in [0.2, 0.25) is 0 Å². The number of nitrogens with zero attached hydrogens (tertiary/aromatic N) is 1. The fourth-order valence-electron chi connectivity index (χ4n) is 1.82. The van der Waals surface area contributed by atoms with Gasteiger partial charge in [0.2, 0.25) is 0 Å². The third kappa shape index (κ3) is 4.59. The molecule has 0 heterocycles. The van der Waals surface area contributed by atoms with Gasteiger partial charge in [-0.2, -0.15) is 6.92 Å². The average molecular weight is 269 g/mol. The van der Waals surface area contributed by atoms with Gasteiger partial charge in [-0.15, -0.1) is 0 Å². The van der Waals surface area contributed by atoms with Crippen LogP contribution in [-0.4, -0.2) is 19.0 Å². The first-order valence-electron chi connectivity index (χ1n) is 5.79. The minimum absolute atomic E-state index is 0. The fraction of sp³-hybridized carbons (Fsp3) is 0.133. The molecule has 2 rings (SSSR count). The number of amides is 1. The number of carbonyl (C=O) groups is 2. The maximum Gasteiger partial charge on any atom is 1.00 e. The van der Waals surface area contributed by atoms with Gasteiger partial charge < -0.3 is 20.9 Å². The molecule has 0 aliphatic heterocycles. The van der Waals surface area contributed by atoms with E-state index in [4.69, 9.17) is 0 Å². The average Bonchev–Trinajstić information content (AvgIpc) is 2.45. The second-order valence-electron chi connectivity index (χ2n) is 4.02. The van der Waals surface area contributed by atoms with E-state index in [-0.39, 0.29) is 43.8 Å². The fourth-order valence-corrected chi connectivity index (χ4v) is 1.82.